The van der Waals surface area contributed by atoms with Gasteiger partial charge in [-0.1, -0.05) is 54.4 Å². The number of halogens is 2. The zero-order valence-corrected chi connectivity index (χ0v) is 13.7. The summed E-state index contributed by atoms with van der Waals surface area (Å²) in [5.41, 5.74) is 2.08. The molecular formula is C17H19Cl2NO. The molecule has 112 valence electrons. The van der Waals surface area contributed by atoms with Crippen LogP contribution in [-0.4, -0.2) is 6.54 Å². The van der Waals surface area contributed by atoms with Crippen molar-refractivity contribution in [1.82, 2.24) is 5.32 Å². The van der Waals surface area contributed by atoms with E-state index in [1.807, 2.05) is 30.3 Å². The highest BCUT2D eigenvalue weighted by Gasteiger charge is 2.07. The number of hydrogen-bond acceptors (Lipinski definition) is 2. The Kier molecular flexibility index (Phi) is 5.92. The quantitative estimate of drug-likeness (QED) is 0.784. The standard InChI is InChI=1S/C17H19Cl2NO/c1-3-20-12(2)13-6-4-8-15(10-13)21-11-14-7-5-9-16(18)17(14)19/h4-10,12,20H,3,11H2,1-2H3. The van der Waals surface area contributed by atoms with Gasteiger partial charge in [0, 0.05) is 11.6 Å². The maximum atomic E-state index is 6.16. The maximum absolute atomic E-state index is 6.16. The van der Waals surface area contributed by atoms with E-state index in [0.29, 0.717) is 22.7 Å². The Morgan fingerprint density at radius 3 is 2.67 bits per heavy atom. The van der Waals surface area contributed by atoms with Crippen LogP contribution in [0.4, 0.5) is 0 Å². The highest BCUT2D eigenvalue weighted by Crippen LogP contribution is 2.27. The van der Waals surface area contributed by atoms with E-state index >= 15 is 0 Å². The summed E-state index contributed by atoms with van der Waals surface area (Å²) in [6, 6.07) is 13.9. The minimum Gasteiger partial charge on any atom is -0.489 e. The molecule has 2 aromatic rings. The van der Waals surface area contributed by atoms with Gasteiger partial charge in [0.25, 0.3) is 0 Å². The van der Waals surface area contributed by atoms with Crippen LogP contribution in [0.3, 0.4) is 0 Å². The van der Waals surface area contributed by atoms with Crippen LogP contribution in [0.15, 0.2) is 42.5 Å². The summed E-state index contributed by atoms with van der Waals surface area (Å²) in [5.74, 6) is 0.827. The van der Waals surface area contributed by atoms with Crippen LogP contribution < -0.4 is 10.1 Å². The van der Waals surface area contributed by atoms with Gasteiger partial charge in [0.15, 0.2) is 0 Å². The van der Waals surface area contributed by atoms with Gasteiger partial charge in [-0.25, -0.2) is 0 Å². The van der Waals surface area contributed by atoms with Crippen molar-refractivity contribution in [3.63, 3.8) is 0 Å². The molecule has 0 saturated heterocycles. The van der Waals surface area contributed by atoms with E-state index in [9.17, 15) is 0 Å². The first-order valence-electron chi connectivity index (χ1n) is 7.01. The highest BCUT2D eigenvalue weighted by molar-refractivity contribution is 6.42. The van der Waals surface area contributed by atoms with Crippen LogP contribution in [0.25, 0.3) is 0 Å². The normalized spacial score (nSPS) is 12.2. The maximum Gasteiger partial charge on any atom is 0.120 e. The van der Waals surface area contributed by atoms with Crippen LogP contribution in [0.2, 0.25) is 10.0 Å². The first kappa shape index (κ1) is 16.2. The molecule has 2 rings (SSSR count). The molecule has 0 spiro atoms. The van der Waals surface area contributed by atoms with E-state index in [-0.39, 0.29) is 0 Å². The topological polar surface area (TPSA) is 21.3 Å². The van der Waals surface area contributed by atoms with Gasteiger partial charge < -0.3 is 10.1 Å². The Morgan fingerprint density at radius 1 is 1.14 bits per heavy atom. The van der Waals surface area contributed by atoms with Crippen molar-refractivity contribution in [2.24, 2.45) is 0 Å². The van der Waals surface area contributed by atoms with E-state index in [1.54, 1.807) is 6.07 Å². The monoisotopic (exact) mass is 323 g/mol. The lowest BCUT2D eigenvalue weighted by atomic mass is 10.1. The summed E-state index contributed by atoms with van der Waals surface area (Å²) in [5, 5.41) is 4.49. The van der Waals surface area contributed by atoms with Crippen molar-refractivity contribution < 1.29 is 4.74 Å². The van der Waals surface area contributed by atoms with Gasteiger partial charge in [-0.05, 0) is 37.2 Å². The number of ether oxygens (including phenoxy) is 1. The number of hydrogen-bond donors (Lipinski definition) is 1. The van der Waals surface area contributed by atoms with Crippen molar-refractivity contribution in [3.05, 3.63) is 63.6 Å². The summed E-state index contributed by atoms with van der Waals surface area (Å²) in [6.07, 6.45) is 0. The average molecular weight is 324 g/mol. The predicted molar refractivity (Wildman–Crippen MR) is 89.3 cm³/mol. The largest absolute Gasteiger partial charge is 0.489 e. The summed E-state index contributed by atoms with van der Waals surface area (Å²) in [7, 11) is 0. The minimum atomic E-state index is 0.299. The van der Waals surface area contributed by atoms with Crippen molar-refractivity contribution in [2.45, 2.75) is 26.5 Å². The molecule has 1 atom stereocenters. The smallest absolute Gasteiger partial charge is 0.120 e. The molecule has 2 aromatic carbocycles. The molecule has 0 aliphatic rings. The molecule has 0 fully saturated rings. The number of nitrogens with one attached hydrogen (secondary N) is 1. The predicted octanol–water partition coefficient (Wildman–Crippen LogP) is 5.24. The van der Waals surface area contributed by atoms with Crippen LogP contribution in [0, 0.1) is 0 Å². The van der Waals surface area contributed by atoms with Crippen molar-refractivity contribution in [1.29, 1.82) is 0 Å². The Labute approximate surface area is 136 Å². The molecule has 2 nitrogen and oxygen atoms in total. The first-order chi connectivity index (χ1) is 10.1. The second kappa shape index (κ2) is 7.69. The van der Waals surface area contributed by atoms with E-state index in [0.717, 1.165) is 17.9 Å². The van der Waals surface area contributed by atoms with E-state index < -0.39 is 0 Å². The summed E-state index contributed by atoms with van der Waals surface area (Å²) < 4.78 is 5.83. The lowest BCUT2D eigenvalue weighted by Crippen LogP contribution is -2.17. The molecule has 21 heavy (non-hydrogen) atoms. The molecule has 0 aliphatic carbocycles. The molecule has 0 aliphatic heterocycles. The molecule has 0 radical (unpaired) electrons. The van der Waals surface area contributed by atoms with Crippen molar-refractivity contribution >= 4 is 23.2 Å². The third-order valence-electron chi connectivity index (χ3n) is 3.29. The van der Waals surface area contributed by atoms with E-state index in [4.69, 9.17) is 27.9 Å². The summed E-state index contributed by atoms with van der Waals surface area (Å²) in [4.78, 5) is 0. The molecule has 1 unspecified atom stereocenters. The summed E-state index contributed by atoms with van der Waals surface area (Å²) >= 11 is 12.2. The Bertz CT molecular complexity index is 601. The Hall–Kier alpha value is -1.22. The second-order valence-electron chi connectivity index (χ2n) is 4.85. The minimum absolute atomic E-state index is 0.299. The van der Waals surface area contributed by atoms with Gasteiger partial charge in [-0.2, -0.15) is 0 Å². The van der Waals surface area contributed by atoms with Gasteiger partial charge in [0.2, 0.25) is 0 Å². The molecule has 1 N–H and O–H groups in total. The van der Waals surface area contributed by atoms with Crippen molar-refractivity contribution in [3.8, 4) is 5.75 Å². The van der Waals surface area contributed by atoms with Gasteiger partial charge in [0.05, 0.1) is 10.0 Å². The molecular weight excluding hydrogens is 305 g/mol. The third-order valence-corrected chi connectivity index (χ3v) is 4.15. The van der Waals surface area contributed by atoms with Crippen LogP contribution >= 0.6 is 23.2 Å². The van der Waals surface area contributed by atoms with Gasteiger partial charge in [-0.3, -0.25) is 0 Å². The van der Waals surface area contributed by atoms with Gasteiger partial charge in [0.1, 0.15) is 12.4 Å². The zero-order chi connectivity index (χ0) is 15.2. The fourth-order valence-electron chi connectivity index (χ4n) is 2.12. The number of benzene rings is 2. The molecule has 4 heteroatoms. The van der Waals surface area contributed by atoms with Crippen LogP contribution in [0.1, 0.15) is 31.0 Å². The average Bonchev–Trinajstić information content (AvgIpc) is 2.49. The SMILES string of the molecule is CCNC(C)c1cccc(OCc2cccc(Cl)c2Cl)c1. The fourth-order valence-corrected chi connectivity index (χ4v) is 2.49. The van der Waals surface area contributed by atoms with E-state index in [2.05, 4.69) is 25.2 Å². The molecule has 0 heterocycles. The van der Waals surface area contributed by atoms with E-state index in [1.165, 1.54) is 5.56 Å². The van der Waals surface area contributed by atoms with Crippen molar-refractivity contribution in [2.75, 3.05) is 6.54 Å². The zero-order valence-electron chi connectivity index (χ0n) is 12.2. The lowest BCUT2D eigenvalue weighted by molar-refractivity contribution is 0.305. The lowest BCUT2D eigenvalue weighted by Gasteiger charge is -2.14. The molecule has 0 amide bonds. The molecule has 0 saturated carbocycles. The highest BCUT2D eigenvalue weighted by atomic mass is 35.5. The molecule has 0 bridgehead atoms. The van der Waals surface area contributed by atoms with Gasteiger partial charge >= 0.3 is 0 Å². The van der Waals surface area contributed by atoms with Crippen LogP contribution in [-0.2, 0) is 6.61 Å². The van der Waals surface area contributed by atoms with Crippen LogP contribution in [0.5, 0.6) is 5.75 Å². The Balaban J connectivity index is 2.06. The second-order valence-corrected chi connectivity index (χ2v) is 5.64. The summed E-state index contributed by atoms with van der Waals surface area (Å²) in [6.45, 7) is 5.57. The molecule has 0 aromatic heterocycles. The van der Waals surface area contributed by atoms with Gasteiger partial charge in [-0.15, -0.1) is 0 Å². The number of rotatable bonds is 6. The third kappa shape index (κ3) is 4.37. The fraction of sp³-hybridized carbons (Fsp3) is 0.294. The first-order valence-corrected chi connectivity index (χ1v) is 7.76. The Morgan fingerprint density at radius 2 is 1.90 bits per heavy atom.